The van der Waals surface area contributed by atoms with E-state index in [1.807, 2.05) is 0 Å². The number of nitrogens with two attached hydrogens (primary N) is 1. The van der Waals surface area contributed by atoms with Gasteiger partial charge in [0.1, 0.15) is 0 Å². The molecule has 1 aliphatic carbocycles. The molecule has 5 heteroatoms. The van der Waals surface area contributed by atoms with Crippen LogP contribution in [0.5, 0.6) is 0 Å². The predicted octanol–water partition coefficient (Wildman–Crippen LogP) is 1.21. The fourth-order valence-corrected chi connectivity index (χ4v) is 2.99. The molecule has 0 spiro atoms. The maximum atomic E-state index is 12.0. The number of ether oxygens (including phenoxy) is 2. The molecule has 116 valence electrons. The molecule has 1 heterocycles. The van der Waals surface area contributed by atoms with Gasteiger partial charge in [0.2, 0.25) is 5.91 Å². The van der Waals surface area contributed by atoms with Crippen LogP contribution in [0.3, 0.4) is 0 Å². The summed E-state index contributed by atoms with van der Waals surface area (Å²) in [5, 5.41) is 3.00. The summed E-state index contributed by atoms with van der Waals surface area (Å²) in [6.07, 6.45) is 7.35. The zero-order valence-electron chi connectivity index (χ0n) is 12.3. The van der Waals surface area contributed by atoms with E-state index in [0.717, 1.165) is 51.6 Å². The van der Waals surface area contributed by atoms with Crippen molar-refractivity contribution in [1.29, 1.82) is 0 Å². The quantitative estimate of drug-likeness (QED) is 0.689. The minimum Gasteiger partial charge on any atom is -0.379 e. The summed E-state index contributed by atoms with van der Waals surface area (Å²) in [4.78, 5) is 12.0. The Morgan fingerprint density at radius 2 is 2.20 bits per heavy atom. The van der Waals surface area contributed by atoms with Crippen molar-refractivity contribution in [2.75, 3.05) is 26.4 Å². The fraction of sp³-hybridized carbons (Fsp3) is 0.933. The molecule has 2 rings (SSSR count). The summed E-state index contributed by atoms with van der Waals surface area (Å²) in [6.45, 7) is 2.93. The lowest BCUT2D eigenvalue weighted by Gasteiger charge is -2.25. The van der Waals surface area contributed by atoms with Crippen LogP contribution in [0.25, 0.3) is 0 Å². The molecule has 3 unspecified atom stereocenters. The first-order chi connectivity index (χ1) is 9.75. The predicted molar refractivity (Wildman–Crippen MR) is 77.4 cm³/mol. The highest BCUT2D eigenvalue weighted by Gasteiger charge is 2.24. The zero-order valence-corrected chi connectivity index (χ0v) is 12.3. The van der Waals surface area contributed by atoms with Gasteiger partial charge in [-0.3, -0.25) is 4.79 Å². The van der Waals surface area contributed by atoms with Crippen molar-refractivity contribution < 1.29 is 14.3 Å². The summed E-state index contributed by atoms with van der Waals surface area (Å²) >= 11 is 0. The molecule has 0 bridgehead atoms. The number of carbonyl (C=O) groups excluding carboxylic acids is 1. The first-order valence-corrected chi connectivity index (χ1v) is 7.98. The van der Waals surface area contributed by atoms with Crippen LogP contribution in [0.1, 0.15) is 44.9 Å². The van der Waals surface area contributed by atoms with Crippen LogP contribution in [0, 0.1) is 5.92 Å². The largest absolute Gasteiger partial charge is 0.379 e. The third kappa shape index (κ3) is 5.38. The number of amides is 1. The molecule has 0 aromatic heterocycles. The number of carbonyl (C=O) groups is 1. The monoisotopic (exact) mass is 284 g/mol. The van der Waals surface area contributed by atoms with E-state index in [9.17, 15) is 4.79 Å². The number of rotatable bonds is 7. The van der Waals surface area contributed by atoms with Crippen molar-refractivity contribution in [1.82, 2.24) is 5.32 Å². The standard InChI is InChI=1S/C15H28N2O3/c16-13-5-1-4-12(10-13)15(18)17-7-3-8-19-11-14-6-2-9-20-14/h12-14H,1-11,16H2,(H,17,18). The lowest BCUT2D eigenvalue weighted by atomic mass is 9.85. The summed E-state index contributed by atoms with van der Waals surface area (Å²) < 4.78 is 11.0. The SMILES string of the molecule is NC1CCCC(C(=O)NCCCOCC2CCCO2)C1. The van der Waals surface area contributed by atoms with Gasteiger partial charge < -0.3 is 20.5 Å². The van der Waals surface area contributed by atoms with Crippen molar-refractivity contribution in [3.05, 3.63) is 0 Å². The van der Waals surface area contributed by atoms with E-state index in [1.165, 1.54) is 0 Å². The minimum absolute atomic E-state index is 0.117. The molecule has 1 saturated carbocycles. The highest BCUT2D eigenvalue weighted by atomic mass is 16.5. The third-order valence-electron chi connectivity index (χ3n) is 4.18. The molecular formula is C15H28N2O3. The average molecular weight is 284 g/mol. The maximum absolute atomic E-state index is 12.0. The number of hydrogen-bond acceptors (Lipinski definition) is 4. The van der Waals surface area contributed by atoms with Crippen molar-refractivity contribution in [2.24, 2.45) is 11.7 Å². The molecule has 0 radical (unpaired) electrons. The molecule has 3 N–H and O–H groups in total. The van der Waals surface area contributed by atoms with Gasteiger partial charge in [-0.05, 0) is 38.5 Å². The molecule has 3 atom stereocenters. The Balaban J connectivity index is 1.46. The van der Waals surface area contributed by atoms with Crippen LogP contribution in [0.4, 0.5) is 0 Å². The van der Waals surface area contributed by atoms with Crippen molar-refractivity contribution in [2.45, 2.75) is 57.1 Å². The van der Waals surface area contributed by atoms with Crippen molar-refractivity contribution in [3.8, 4) is 0 Å². The highest BCUT2D eigenvalue weighted by molar-refractivity contribution is 5.78. The van der Waals surface area contributed by atoms with E-state index in [1.54, 1.807) is 0 Å². The Bertz CT molecular complexity index is 293. The van der Waals surface area contributed by atoms with Crippen molar-refractivity contribution in [3.63, 3.8) is 0 Å². The highest BCUT2D eigenvalue weighted by Crippen LogP contribution is 2.23. The molecule has 2 fully saturated rings. The summed E-state index contributed by atoms with van der Waals surface area (Å²) in [6, 6.07) is 0.203. The molecule has 1 aliphatic heterocycles. The van der Waals surface area contributed by atoms with Gasteiger partial charge in [-0.15, -0.1) is 0 Å². The van der Waals surface area contributed by atoms with E-state index in [2.05, 4.69) is 5.32 Å². The van der Waals surface area contributed by atoms with Gasteiger partial charge >= 0.3 is 0 Å². The molecule has 2 aliphatic rings. The molecule has 20 heavy (non-hydrogen) atoms. The smallest absolute Gasteiger partial charge is 0.223 e. The number of nitrogens with one attached hydrogen (secondary N) is 1. The van der Waals surface area contributed by atoms with Gasteiger partial charge in [-0.2, -0.15) is 0 Å². The zero-order chi connectivity index (χ0) is 14.2. The Labute approximate surface area is 121 Å². The Morgan fingerprint density at radius 1 is 1.30 bits per heavy atom. The van der Waals surface area contributed by atoms with Crippen LogP contribution >= 0.6 is 0 Å². The van der Waals surface area contributed by atoms with Gasteiger partial charge in [0, 0.05) is 31.7 Å². The third-order valence-corrected chi connectivity index (χ3v) is 4.18. The molecule has 1 saturated heterocycles. The summed E-state index contributed by atoms with van der Waals surface area (Å²) in [5.41, 5.74) is 5.91. The van der Waals surface area contributed by atoms with Gasteiger partial charge in [0.25, 0.3) is 0 Å². The lowest BCUT2D eigenvalue weighted by molar-refractivity contribution is -0.126. The van der Waals surface area contributed by atoms with E-state index in [-0.39, 0.29) is 24.0 Å². The molecule has 0 aromatic carbocycles. The second-order valence-electron chi connectivity index (χ2n) is 5.98. The Kier molecular flexibility index (Phi) is 6.76. The number of hydrogen-bond donors (Lipinski definition) is 2. The normalized spacial score (nSPS) is 30.4. The van der Waals surface area contributed by atoms with Gasteiger partial charge in [0.05, 0.1) is 12.7 Å². The fourth-order valence-electron chi connectivity index (χ4n) is 2.99. The van der Waals surface area contributed by atoms with Gasteiger partial charge in [-0.25, -0.2) is 0 Å². The first kappa shape index (κ1) is 15.7. The molecular weight excluding hydrogens is 256 g/mol. The first-order valence-electron chi connectivity index (χ1n) is 7.98. The van der Waals surface area contributed by atoms with E-state index in [4.69, 9.17) is 15.2 Å². The van der Waals surface area contributed by atoms with Crippen LogP contribution < -0.4 is 11.1 Å². The van der Waals surface area contributed by atoms with Crippen molar-refractivity contribution >= 4 is 5.91 Å². The second-order valence-corrected chi connectivity index (χ2v) is 5.98. The average Bonchev–Trinajstić information content (AvgIpc) is 2.95. The van der Waals surface area contributed by atoms with Gasteiger partial charge in [0.15, 0.2) is 0 Å². The maximum Gasteiger partial charge on any atom is 0.223 e. The Morgan fingerprint density at radius 3 is 2.95 bits per heavy atom. The molecule has 5 nitrogen and oxygen atoms in total. The summed E-state index contributed by atoms with van der Waals surface area (Å²) in [7, 11) is 0. The van der Waals surface area contributed by atoms with E-state index in [0.29, 0.717) is 19.8 Å². The molecule has 0 aromatic rings. The summed E-state index contributed by atoms with van der Waals surface area (Å²) in [5.74, 6) is 0.283. The second kappa shape index (κ2) is 8.60. The van der Waals surface area contributed by atoms with Crippen LogP contribution in [0.2, 0.25) is 0 Å². The van der Waals surface area contributed by atoms with Crippen LogP contribution in [0.15, 0.2) is 0 Å². The molecule has 1 amide bonds. The van der Waals surface area contributed by atoms with Crippen LogP contribution in [-0.4, -0.2) is 44.4 Å². The van der Waals surface area contributed by atoms with E-state index >= 15 is 0 Å². The van der Waals surface area contributed by atoms with E-state index < -0.39 is 0 Å². The van der Waals surface area contributed by atoms with Gasteiger partial charge in [-0.1, -0.05) is 6.42 Å². The Hall–Kier alpha value is -0.650. The topological polar surface area (TPSA) is 73.6 Å². The minimum atomic E-state index is 0.117. The lowest BCUT2D eigenvalue weighted by Crippen LogP contribution is -2.38. The van der Waals surface area contributed by atoms with Crippen LogP contribution in [-0.2, 0) is 14.3 Å².